The van der Waals surface area contributed by atoms with E-state index in [4.69, 9.17) is 9.47 Å². The van der Waals surface area contributed by atoms with Crippen LogP contribution in [0.25, 0.3) is 0 Å². The second kappa shape index (κ2) is 15.1. The summed E-state index contributed by atoms with van der Waals surface area (Å²) in [5, 5.41) is 2.61. The molecule has 0 radical (unpaired) electrons. The summed E-state index contributed by atoms with van der Waals surface area (Å²) < 4.78 is 50.1. The van der Waals surface area contributed by atoms with Gasteiger partial charge in [0, 0.05) is 12.5 Å². The van der Waals surface area contributed by atoms with Crippen LogP contribution in [0.3, 0.4) is 0 Å². The van der Waals surface area contributed by atoms with Crippen molar-refractivity contribution < 1.29 is 41.8 Å². The Labute approximate surface area is 191 Å². The Morgan fingerprint density at radius 1 is 0.909 bits per heavy atom. The van der Waals surface area contributed by atoms with Gasteiger partial charge in [0.15, 0.2) is 0 Å². The molecule has 186 valence electrons. The highest BCUT2D eigenvalue weighted by Gasteiger charge is 2.40. The number of pyridine rings is 1. The molecule has 1 amide bonds. The minimum absolute atomic E-state index is 0.152. The monoisotopic (exact) mass is 476 g/mol. The molecule has 0 aliphatic rings. The Morgan fingerprint density at radius 3 is 2.09 bits per heavy atom. The number of unbranched alkanes of at least 4 members (excludes halogenated alkanes) is 7. The molecule has 1 rings (SSSR count). The fourth-order valence-electron chi connectivity index (χ4n) is 2.98. The van der Waals surface area contributed by atoms with Gasteiger partial charge >= 0.3 is 12.1 Å². The predicted octanol–water partition coefficient (Wildman–Crippen LogP) is 4.61. The summed E-state index contributed by atoms with van der Waals surface area (Å²) in [5.74, 6) is -2.20. The average Bonchev–Trinajstić information content (AvgIpc) is 2.76. The summed E-state index contributed by atoms with van der Waals surface area (Å²) in [5.41, 5.74) is 0.356. The van der Waals surface area contributed by atoms with E-state index in [0.717, 1.165) is 32.1 Å². The zero-order valence-electron chi connectivity index (χ0n) is 19.0. The summed E-state index contributed by atoms with van der Waals surface area (Å²) in [6, 6.07) is 3.16. The van der Waals surface area contributed by atoms with E-state index in [2.05, 4.69) is 15.0 Å². The van der Waals surface area contributed by atoms with Gasteiger partial charge < -0.3 is 19.5 Å². The topological polar surface area (TPSA) is 104 Å². The largest absolute Gasteiger partial charge is 0.490 e. The molecule has 1 N–H and O–H groups in total. The standard InChI is InChI=1S/C22H31F3N2O6/c1-31-19-13-12-17(20(27-19)32-2)26-18(29)15-16(28)11-9-7-5-3-4-6-8-10-14-33-21(30)22(23,24)25/h12-13H,3-11,14-15H2,1-2H3,(H,26,29). The number of hydrogen-bond acceptors (Lipinski definition) is 7. The van der Waals surface area contributed by atoms with Crippen LogP contribution in [0.4, 0.5) is 18.9 Å². The van der Waals surface area contributed by atoms with Gasteiger partial charge in [-0.15, -0.1) is 0 Å². The van der Waals surface area contributed by atoms with Crippen LogP contribution in [0.2, 0.25) is 0 Å². The van der Waals surface area contributed by atoms with E-state index in [-0.39, 0.29) is 24.7 Å². The Hall–Kier alpha value is -2.85. The average molecular weight is 476 g/mol. The van der Waals surface area contributed by atoms with Crippen molar-refractivity contribution in [3.05, 3.63) is 12.1 Å². The van der Waals surface area contributed by atoms with Gasteiger partial charge in [-0.1, -0.05) is 38.5 Å². The Balaban J connectivity index is 2.07. The highest BCUT2D eigenvalue weighted by atomic mass is 19.4. The van der Waals surface area contributed by atoms with Crippen molar-refractivity contribution in [2.75, 3.05) is 26.1 Å². The normalized spacial score (nSPS) is 11.1. The van der Waals surface area contributed by atoms with E-state index in [1.807, 2.05) is 0 Å². The molecule has 33 heavy (non-hydrogen) atoms. The van der Waals surface area contributed by atoms with Gasteiger partial charge in [-0.25, -0.2) is 4.79 Å². The highest BCUT2D eigenvalue weighted by Crippen LogP contribution is 2.25. The van der Waals surface area contributed by atoms with Gasteiger partial charge in [0.2, 0.25) is 17.7 Å². The molecule has 0 atom stereocenters. The van der Waals surface area contributed by atoms with Crippen LogP contribution in [0, 0.1) is 0 Å². The van der Waals surface area contributed by atoms with Gasteiger partial charge in [-0.05, 0) is 18.9 Å². The second-order valence-corrected chi connectivity index (χ2v) is 7.39. The maximum absolute atomic E-state index is 12.1. The number of carbonyl (C=O) groups excluding carboxylic acids is 3. The van der Waals surface area contributed by atoms with Crippen LogP contribution in [0.15, 0.2) is 12.1 Å². The number of esters is 1. The summed E-state index contributed by atoms with van der Waals surface area (Å²) in [4.78, 5) is 38.7. The maximum atomic E-state index is 12.1. The number of nitrogens with one attached hydrogen (secondary N) is 1. The zero-order valence-corrected chi connectivity index (χ0v) is 19.0. The lowest BCUT2D eigenvalue weighted by atomic mass is 10.0. The molecule has 11 heteroatoms. The second-order valence-electron chi connectivity index (χ2n) is 7.39. The van der Waals surface area contributed by atoms with Crippen LogP contribution >= 0.6 is 0 Å². The number of alkyl halides is 3. The van der Waals surface area contributed by atoms with Crippen molar-refractivity contribution in [1.29, 1.82) is 0 Å². The molecular weight excluding hydrogens is 445 g/mol. The van der Waals surface area contributed by atoms with Gasteiger partial charge in [-0.3, -0.25) is 9.59 Å². The third kappa shape index (κ3) is 12.1. The number of carbonyl (C=O) groups is 3. The number of rotatable bonds is 16. The van der Waals surface area contributed by atoms with E-state index in [9.17, 15) is 27.6 Å². The molecule has 0 aliphatic heterocycles. The Morgan fingerprint density at radius 2 is 1.52 bits per heavy atom. The van der Waals surface area contributed by atoms with E-state index >= 15 is 0 Å². The number of aromatic nitrogens is 1. The molecule has 0 spiro atoms. The first-order valence-corrected chi connectivity index (χ1v) is 10.8. The first kappa shape index (κ1) is 28.2. The lowest BCUT2D eigenvalue weighted by molar-refractivity contribution is -0.199. The summed E-state index contributed by atoms with van der Waals surface area (Å²) in [6.45, 7) is -0.226. The number of amides is 1. The lowest BCUT2D eigenvalue weighted by Crippen LogP contribution is -2.25. The number of Topliss-reactive ketones (excluding diaryl/α,β-unsaturated/α-hetero) is 1. The highest BCUT2D eigenvalue weighted by molar-refractivity contribution is 6.04. The quantitative estimate of drug-likeness (QED) is 0.211. The predicted molar refractivity (Wildman–Crippen MR) is 114 cm³/mol. The maximum Gasteiger partial charge on any atom is 0.490 e. The smallest absolute Gasteiger partial charge is 0.481 e. The van der Waals surface area contributed by atoms with E-state index in [1.54, 1.807) is 12.1 Å². The number of ketones is 1. The summed E-state index contributed by atoms with van der Waals surface area (Å²) in [6.07, 6.45) is 1.41. The lowest BCUT2D eigenvalue weighted by Gasteiger charge is -2.10. The Kier molecular flexibility index (Phi) is 12.9. The van der Waals surface area contributed by atoms with Crippen molar-refractivity contribution in [2.45, 2.75) is 70.4 Å². The van der Waals surface area contributed by atoms with E-state index in [0.29, 0.717) is 37.3 Å². The van der Waals surface area contributed by atoms with Gasteiger partial charge in [0.25, 0.3) is 0 Å². The molecule has 0 saturated carbocycles. The number of hydrogen-bond donors (Lipinski definition) is 1. The molecule has 1 aromatic rings. The molecule has 0 fully saturated rings. The molecule has 0 aliphatic carbocycles. The molecule has 0 saturated heterocycles. The van der Waals surface area contributed by atoms with Crippen LogP contribution in [0.5, 0.6) is 11.8 Å². The molecule has 0 aromatic carbocycles. The third-order valence-corrected chi connectivity index (χ3v) is 4.68. The van der Waals surface area contributed by atoms with Gasteiger partial charge in [0.1, 0.15) is 11.5 Å². The fraction of sp³-hybridized carbons (Fsp3) is 0.636. The van der Waals surface area contributed by atoms with Crippen LogP contribution < -0.4 is 14.8 Å². The molecular formula is C22H31F3N2O6. The number of nitrogens with zero attached hydrogens (tertiary/aromatic N) is 1. The van der Waals surface area contributed by atoms with E-state index in [1.165, 1.54) is 14.2 Å². The minimum atomic E-state index is -4.94. The number of methoxy groups -OCH3 is 2. The van der Waals surface area contributed by atoms with Crippen molar-refractivity contribution >= 4 is 23.3 Å². The summed E-state index contributed by atoms with van der Waals surface area (Å²) >= 11 is 0. The molecule has 0 unspecified atom stereocenters. The first-order valence-electron chi connectivity index (χ1n) is 10.8. The fourth-order valence-corrected chi connectivity index (χ4v) is 2.98. The molecule has 1 aromatic heterocycles. The third-order valence-electron chi connectivity index (χ3n) is 4.68. The Bertz CT molecular complexity index is 771. The van der Waals surface area contributed by atoms with Crippen LogP contribution in [0.1, 0.15) is 64.2 Å². The van der Waals surface area contributed by atoms with Crippen molar-refractivity contribution in [1.82, 2.24) is 4.98 Å². The van der Waals surface area contributed by atoms with Crippen molar-refractivity contribution in [3.8, 4) is 11.8 Å². The minimum Gasteiger partial charge on any atom is -0.481 e. The van der Waals surface area contributed by atoms with Crippen LogP contribution in [-0.4, -0.2) is 49.6 Å². The van der Waals surface area contributed by atoms with Crippen molar-refractivity contribution in [2.24, 2.45) is 0 Å². The molecule has 8 nitrogen and oxygen atoms in total. The zero-order chi connectivity index (χ0) is 24.7. The molecule has 1 heterocycles. The number of ether oxygens (including phenoxy) is 3. The number of anilines is 1. The number of halogens is 3. The van der Waals surface area contributed by atoms with Gasteiger partial charge in [0.05, 0.1) is 27.2 Å². The van der Waals surface area contributed by atoms with E-state index < -0.39 is 18.1 Å². The first-order chi connectivity index (χ1) is 15.7. The van der Waals surface area contributed by atoms with Crippen LogP contribution in [-0.2, 0) is 19.1 Å². The SMILES string of the molecule is COc1ccc(NC(=O)CC(=O)CCCCCCCCCCOC(=O)C(F)(F)F)c(OC)n1. The summed E-state index contributed by atoms with van der Waals surface area (Å²) in [7, 11) is 2.88. The van der Waals surface area contributed by atoms with Gasteiger partial charge in [-0.2, -0.15) is 18.2 Å². The molecule has 0 bridgehead atoms. The van der Waals surface area contributed by atoms with Crippen molar-refractivity contribution in [3.63, 3.8) is 0 Å².